The van der Waals surface area contributed by atoms with E-state index in [4.69, 9.17) is 5.26 Å². The van der Waals surface area contributed by atoms with Crippen molar-refractivity contribution in [3.63, 3.8) is 0 Å². The van der Waals surface area contributed by atoms with E-state index in [-0.39, 0.29) is 24.0 Å². The van der Waals surface area contributed by atoms with Crippen LogP contribution in [-0.4, -0.2) is 18.9 Å². The molecule has 0 heterocycles. The topological polar surface area (TPSA) is 67.2 Å². The molecule has 1 aromatic carbocycles. The molecule has 0 unspecified atom stereocenters. The second kappa shape index (κ2) is 5.87. The van der Waals surface area contributed by atoms with Crippen molar-refractivity contribution in [3.05, 3.63) is 34.4 Å². The molecule has 0 atom stereocenters. The van der Waals surface area contributed by atoms with E-state index in [1.807, 2.05) is 0 Å². The maximum Gasteiger partial charge on any atom is 0.338 e. The Labute approximate surface area is 102 Å². The summed E-state index contributed by atoms with van der Waals surface area (Å²) in [5.41, 5.74) is -1.59. The molecule has 0 aliphatic heterocycles. The quantitative estimate of drug-likeness (QED) is 0.610. The molecule has 0 saturated carbocycles. The number of ether oxygens (including phenoxy) is 1. The van der Waals surface area contributed by atoms with Gasteiger partial charge in [0.1, 0.15) is 0 Å². The molecule has 0 aromatic heterocycles. The summed E-state index contributed by atoms with van der Waals surface area (Å²) in [6.07, 6.45) is -2.82. The van der Waals surface area contributed by atoms with E-state index < -0.39 is 23.5 Å². The van der Waals surface area contributed by atoms with Crippen molar-refractivity contribution in [2.45, 2.75) is 13.3 Å². The first-order valence-electron chi connectivity index (χ1n) is 5.03. The minimum absolute atomic E-state index is 0.00865. The maximum atomic E-state index is 12.9. The van der Waals surface area contributed by atoms with Gasteiger partial charge >= 0.3 is 5.97 Å². The van der Waals surface area contributed by atoms with Crippen LogP contribution in [0.5, 0.6) is 0 Å². The van der Waals surface area contributed by atoms with Gasteiger partial charge in [0.05, 0.1) is 23.8 Å². The predicted molar refractivity (Wildman–Crippen MR) is 57.5 cm³/mol. The Morgan fingerprint density at radius 2 is 2.22 bits per heavy atom. The number of nitrogens with zero attached hydrogens (tertiary/aromatic N) is 1. The van der Waals surface area contributed by atoms with Gasteiger partial charge in [-0.3, -0.25) is 4.79 Å². The Hall–Kier alpha value is -2.29. The van der Waals surface area contributed by atoms with E-state index in [1.54, 1.807) is 6.07 Å². The molecule has 0 aliphatic carbocycles. The average molecular weight is 253 g/mol. The Morgan fingerprint density at radius 3 is 2.67 bits per heavy atom. The number of halogens is 2. The minimum Gasteiger partial charge on any atom is -0.462 e. The number of benzene rings is 1. The van der Waals surface area contributed by atoms with Crippen molar-refractivity contribution in [1.29, 1.82) is 5.26 Å². The summed E-state index contributed by atoms with van der Waals surface area (Å²) in [4.78, 5) is 22.3. The van der Waals surface area contributed by atoms with E-state index in [1.165, 1.54) is 6.92 Å². The van der Waals surface area contributed by atoms with Crippen LogP contribution in [0.2, 0.25) is 0 Å². The lowest BCUT2D eigenvalue weighted by atomic mass is 9.98. The molecule has 18 heavy (non-hydrogen) atoms. The molecule has 0 spiro atoms. The molecule has 0 radical (unpaired) electrons. The van der Waals surface area contributed by atoms with Crippen LogP contribution in [0.15, 0.2) is 12.1 Å². The fourth-order valence-corrected chi connectivity index (χ4v) is 1.46. The number of rotatable bonds is 4. The van der Waals surface area contributed by atoms with Crippen LogP contribution in [0.4, 0.5) is 8.78 Å². The average Bonchev–Trinajstić information content (AvgIpc) is 2.36. The lowest BCUT2D eigenvalue weighted by Gasteiger charge is -2.10. The Bertz CT molecular complexity index is 521. The first-order valence-corrected chi connectivity index (χ1v) is 5.03. The highest BCUT2D eigenvalue weighted by Crippen LogP contribution is 2.28. The zero-order valence-corrected chi connectivity index (χ0v) is 9.44. The van der Waals surface area contributed by atoms with Gasteiger partial charge in [-0.1, -0.05) is 0 Å². The SMILES string of the molecule is CCOC(=O)c1cc(C#N)cc(C=O)c1C(F)F. The highest BCUT2D eigenvalue weighted by molar-refractivity contribution is 5.95. The maximum absolute atomic E-state index is 12.9. The fourth-order valence-electron chi connectivity index (χ4n) is 1.46. The molecule has 0 N–H and O–H groups in total. The van der Waals surface area contributed by atoms with Crippen LogP contribution < -0.4 is 0 Å². The number of hydrogen-bond donors (Lipinski definition) is 0. The molecule has 4 nitrogen and oxygen atoms in total. The number of alkyl halides is 2. The van der Waals surface area contributed by atoms with Gasteiger partial charge in [-0.25, -0.2) is 13.6 Å². The van der Waals surface area contributed by atoms with Gasteiger partial charge in [0.25, 0.3) is 6.43 Å². The summed E-state index contributed by atoms with van der Waals surface area (Å²) >= 11 is 0. The first-order chi connectivity index (χ1) is 8.54. The molecule has 1 rings (SSSR count). The van der Waals surface area contributed by atoms with Crippen molar-refractivity contribution >= 4 is 12.3 Å². The Balaban J connectivity index is 3.50. The van der Waals surface area contributed by atoms with Crippen molar-refractivity contribution in [2.24, 2.45) is 0 Å². The summed E-state index contributed by atoms with van der Waals surface area (Å²) in [6, 6.07) is 3.70. The first kappa shape index (κ1) is 13.8. The number of carbonyl (C=O) groups is 2. The summed E-state index contributed by atoms with van der Waals surface area (Å²) in [7, 11) is 0. The van der Waals surface area contributed by atoms with E-state index in [0.717, 1.165) is 12.1 Å². The highest BCUT2D eigenvalue weighted by Gasteiger charge is 2.24. The number of nitriles is 1. The van der Waals surface area contributed by atoms with Gasteiger partial charge in [-0.05, 0) is 19.1 Å². The molecule has 6 heteroatoms. The highest BCUT2D eigenvalue weighted by atomic mass is 19.3. The van der Waals surface area contributed by atoms with E-state index in [2.05, 4.69) is 4.74 Å². The van der Waals surface area contributed by atoms with Crippen LogP contribution in [0, 0.1) is 11.3 Å². The molecular weight excluding hydrogens is 244 g/mol. The third kappa shape index (κ3) is 2.69. The molecule has 0 aliphatic rings. The van der Waals surface area contributed by atoms with Crippen molar-refractivity contribution in [2.75, 3.05) is 6.61 Å². The normalized spacial score (nSPS) is 9.94. The number of esters is 1. The molecule has 0 amide bonds. The number of hydrogen-bond acceptors (Lipinski definition) is 4. The zero-order valence-electron chi connectivity index (χ0n) is 9.44. The summed E-state index contributed by atoms with van der Waals surface area (Å²) < 4.78 is 30.3. The van der Waals surface area contributed by atoms with Crippen LogP contribution in [0.1, 0.15) is 45.2 Å². The summed E-state index contributed by atoms with van der Waals surface area (Å²) in [5.74, 6) is -0.979. The third-order valence-corrected chi connectivity index (χ3v) is 2.18. The Morgan fingerprint density at radius 1 is 1.56 bits per heavy atom. The van der Waals surface area contributed by atoms with Crippen LogP contribution in [-0.2, 0) is 4.74 Å². The van der Waals surface area contributed by atoms with Crippen molar-refractivity contribution in [3.8, 4) is 6.07 Å². The Kier molecular flexibility index (Phi) is 4.49. The van der Waals surface area contributed by atoms with Gasteiger partial charge in [0.15, 0.2) is 6.29 Å². The predicted octanol–water partition coefficient (Wildman–Crippen LogP) is 2.49. The number of carbonyl (C=O) groups excluding carboxylic acids is 2. The van der Waals surface area contributed by atoms with E-state index >= 15 is 0 Å². The van der Waals surface area contributed by atoms with Gasteiger partial charge < -0.3 is 4.74 Å². The summed E-state index contributed by atoms with van der Waals surface area (Å²) in [6.45, 7) is 1.53. The second-order valence-electron chi connectivity index (χ2n) is 3.28. The zero-order chi connectivity index (χ0) is 13.7. The molecule has 0 saturated heterocycles. The molecule has 0 bridgehead atoms. The lowest BCUT2D eigenvalue weighted by molar-refractivity contribution is 0.0515. The van der Waals surface area contributed by atoms with Gasteiger partial charge in [0.2, 0.25) is 0 Å². The monoisotopic (exact) mass is 253 g/mol. The number of aldehydes is 1. The smallest absolute Gasteiger partial charge is 0.338 e. The van der Waals surface area contributed by atoms with Crippen molar-refractivity contribution in [1.82, 2.24) is 0 Å². The fraction of sp³-hybridized carbons (Fsp3) is 0.250. The van der Waals surface area contributed by atoms with E-state index in [9.17, 15) is 18.4 Å². The second-order valence-corrected chi connectivity index (χ2v) is 3.28. The van der Waals surface area contributed by atoms with Crippen LogP contribution in [0.3, 0.4) is 0 Å². The molecular formula is C12H9F2NO3. The van der Waals surface area contributed by atoms with Crippen molar-refractivity contribution < 1.29 is 23.1 Å². The van der Waals surface area contributed by atoms with Crippen LogP contribution >= 0.6 is 0 Å². The molecule has 0 fully saturated rings. The molecule has 94 valence electrons. The molecule has 1 aromatic rings. The summed E-state index contributed by atoms with van der Waals surface area (Å²) in [5, 5.41) is 8.72. The minimum atomic E-state index is -3.00. The van der Waals surface area contributed by atoms with Gasteiger partial charge in [-0.2, -0.15) is 5.26 Å². The van der Waals surface area contributed by atoms with Crippen LogP contribution in [0.25, 0.3) is 0 Å². The third-order valence-electron chi connectivity index (χ3n) is 2.18. The van der Waals surface area contributed by atoms with E-state index in [0.29, 0.717) is 0 Å². The van der Waals surface area contributed by atoms with Gasteiger partial charge in [0, 0.05) is 11.1 Å². The standard InChI is InChI=1S/C12H9F2NO3/c1-2-18-12(17)9-4-7(5-15)3-8(6-16)10(9)11(13)14/h3-4,6,11H,2H2,1H3. The lowest BCUT2D eigenvalue weighted by Crippen LogP contribution is -2.11. The van der Waals surface area contributed by atoms with Gasteiger partial charge in [-0.15, -0.1) is 0 Å². The largest absolute Gasteiger partial charge is 0.462 e.